The minimum atomic E-state index is -0.912. The summed E-state index contributed by atoms with van der Waals surface area (Å²) in [6.45, 7) is 1.74. The van der Waals surface area contributed by atoms with Crippen LogP contribution in [-0.2, 0) is 9.59 Å². The van der Waals surface area contributed by atoms with E-state index >= 15 is 0 Å². The molecule has 0 aromatic heterocycles. The molecule has 1 amide bonds. The highest BCUT2D eigenvalue weighted by atomic mass is 16.4. The number of aliphatic carboxylic acids is 1. The Kier molecular flexibility index (Phi) is 1.16. The summed E-state index contributed by atoms with van der Waals surface area (Å²) in [5.41, 5.74) is 0. The Labute approximate surface area is 52.1 Å². The first-order valence-corrected chi connectivity index (χ1v) is 2.63. The monoisotopic (exact) mass is 129 g/mol. The second kappa shape index (κ2) is 1.72. The van der Waals surface area contributed by atoms with E-state index in [1.165, 1.54) is 11.8 Å². The Balaban J connectivity index is 2.42. The van der Waals surface area contributed by atoms with Crippen LogP contribution in [0, 0.1) is 0 Å². The second-order valence-corrected chi connectivity index (χ2v) is 2.03. The van der Waals surface area contributed by atoms with Crippen molar-refractivity contribution in [1.82, 2.24) is 4.90 Å². The molecular formula is C5H7NO3. The molecular weight excluding hydrogens is 122 g/mol. The molecule has 1 aliphatic rings. The van der Waals surface area contributed by atoms with Crippen LogP contribution in [0.1, 0.15) is 6.92 Å². The molecule has 0 bridgehead atoms. The van der Waals surface area contributed by atoms with E-state index in [2.05, 4.69) is 0 Å². The highest BCUT2D eigenvalue weighted by Gasteiger charge is 2.42. The van der Waals surface area contributed by atoms with E-state index < -0.39 is 12.0 Å². The van der Waals surface area contributed by atoms with E-state index in [4.69, 9.17) is 5.11 Å². The predicted octanol–water partition coefficient (Wildman–Crippen LogP) is -0.698. The normalized spacial score (nSPS) is 23.7. The maximum atomic E-state index is 10.4. The van der Waals surface area contributed by atoms with Crippen molar-refractivity contribution in [2.75, 3.05) is 6.54 Å². The Morgan fingerprint density at radius 1 is 1.67 bits per heavy atom. The quantitative estimate of drug-likeness (QED) is 0.476. The van der Waals surface area contributed by atoms with Gasteiger partial charge in [0, 0.05) is 6.92 Å². The SMILES string of the molecule is CC(=O)N1C[C@@H]1C(=O)O. The van der Waals surface area contributed by atoms with E-state index in [-0.39, 0.29) is 5.91 Å². The number of hydrogen-bond acceptors (Lipinski definition) is 2. The van der Waals surface area contributed by atoms with Crippen molar-refractivity contribution in [2.24, 2.45) is 0 Å². The van der Waals surface area contributed by atoms with Crippen molar-refractivity contribution in [3.8, 4) is 0 Å². The zero-order valence-electron chi connectivity index (χ0n) is 5.00. The van der Waals surface area contributed by atoms with Gasteiger partial charge in [0.2, 0.25) is 5.91 Å². The summed E-state index contributed by atoms with van der Waals surface area (Å²) in [5.74, 6) is -1.08. The van der Waals surface area contributed by atoms with Crippen LogP contribution >= 0.6 is 0 Å². The molecule has 1 aliphatic heterocycles. The highest BCUT2D eigenvalue weighted by Crippen LogP contribution is 2.16. The molecule has 1 N–H and O–H groups in total. The van der Waals surface area contributed by atoms with Gasteiger partial charge in [-0.05, 0) is 0 Å². The van der Waals surface area contributed by atoms with Crippen LogP contribution in [0.5, 0.6) is 0 Å². The van der Waals surface area contributed by atoms with Gasteiger partial charge < -0.3 is 10.0 Å². The lowest BCUT2D eigenvalue weighted by molar-refractivity contribution is -0.139. The van der Waals surface area contributed by atoms with Gasteiger partial charge in [-0.25, -0.2) is 4.79 Å². The van der Waals surface area contributed by atoms with E-state index in [1.807, 2.05) is 0 Å². The molecule has 0 radical (unpaired) electrons. The Hall–Kier alpha value is -1.06. The number of carbonyl (C=O) groups excluding carboxylic acids is 1. The number of carbonyl (C=O) groups is 2. The second-order valence-electron chi connectivity index (χ2n) is 2.03. The number of amides is 1. The smallest absolute Gasteiger partial charge is 0.328 e. The number of hydrogen-bond donors (Lipinski definition) is 1. The maximum Gasteiger partial charge on any atom is 0.328 e. The Morgan fingerprint density at radius 2 is 2.22 bits per heavy atom. The minimum Gasteiger partial charge on any atom is -0.480 e. The van der Waals surface area contributed by atoms with Crippen molar-refractivity contribution in [2.45, 2.75) is 13.0 Å². The fourth-order valence-electron chi connectivity index (χ4n) is 0.699. The summed E-state index contributed by atoms with van der Waals surface area (Å²) in [4.78, 5) is 21.8. The largest absolute Gasteiger partial charge is 0.480 e. The number of carboxylic acids is 1. The summed E-state index contributed by atoms with van der Waals surface area (Å²) < 4.78 is 0. The fraction of sp³-hybridized carbons (Fsp3) is 0.600. The Bertz CT molecular complexity index is 148. The molecule has 1 heterocycles. The molecule has 50 valence electrons. The van der Waals surface area contributed by atoms with Crippen molar-refractivity contribution >= 4 is 11.9 Å². The van der Waals surface area contributed by atoms with Crippen molar-refractivity contribution in [3.63, 3.8) is 0 Å². The molecule has 0 saturated carbocycles. The highest BCUT2D eigenvalue weighted by molar-refractivity contribution is 5.87. The molecule has 0 aromatic rings. The van der Waals surface area contributed by atoms with E-state index in [1.54, 1.807) is 0 Å². The molecule has 4 heteroatoms. The standard InChI is InChI=1S/C5H7NO3/c1-3(7)6-2-4(6)5(8)9/h4H,2H2,1H3,(H,8,9)/t4-,6?/m1/s1. The first kappa shape index (κ1) is 6.07. The van der Waals surface area contributed by atoms with Gasteiger partial charge in [-0.3, -0.25) is 4.79 Å². The predicted molar refractivity (Wildman–Crippen MR) is 28.8 cm³/mol. The average molecular weight is 129 g/mol. The van der Waals surface area contributed by atoms with Gasteiger partial charge in [-0.2, -0.15) is 0 Å². The summed E-state index contributed by atoms with van der Waals surface area (Å²) in [6, 6.07) is -0.539. The fourth-order valence-corrected chi connectivity index (χ4v) is 0.699. The van der Waals surface area contributed by atoms with Crippen LogP contribution in [0.15, 0.2) is 0 Å². The van der Waals surface area contributed by atoms with Crippen LogP contribution in [0.4, 0.5) is 0 Å². The number of nitrogens with zero attached hydrogens (tertiary/aromatic N) is 1. The first-order chi connectivity index (χ1) is 4.13. The van der Waals surface area contributed by atoms with E-state index in [9.17, 15) is 9.59 Å². The number of rotatable bonds is 1. The molecule has 0 unspecified atom stereocenters. The molecule has 1 fully saturated rings. The molecule has 1 atom stereocenters. The van der Waals surface area contributed by atoms with Gasteiger partial charge in [0.1, 0.15) is 6.04 Å². The Morgan fingerprint density at radius 3 is 2.33 bits per heavy atom. The molecule has 9 heavy (non-hydrogen) atoms. The molecule has 0 aromatic carbocycles. The van der Waals surface area contributed by atoms with Gasteiger partial charge in [0.15, 0.2) is 0 Å². The van der Waals surface area contributed by atoms with E-state index in [0.717, 1.165) is 0 Å². The topological polar surface area (TPSA) is 57.4 Å². The van der Waals surface area contributed by atoms with Gasteiger partial charge >= 0.3 is 5.97 Å². The summed E-state index contributed by atoms with van der Waals surface area (Å²) >= 11 is 0. The lowest BCUT2D eigenvalue weighted by atomic mass is 10.5. The van der Waals surface area contributed by atoms with Crippen LogP contribution in [0.25, 0.3) is 0 Å². The minimum absolute atomic E-state index is 0.164. The summed E-state index contributed by atoms with van der Waals surface area (Å²) in [6.07, 6.45) is 0. The molecule has 1 saturated heterocycles. The van der Waals surface area contributed by atoms with Crippen molar-refractivity contribution < 1.29 is 14.7 Å². The lowest BCUT2D eigenvalue weighted by Gasteiger charge is -1.91. The van der Waals surface area contributed by atoms with Crippen LogP contribution in [0.3, 0.4) is 0 Å². The molecule has 4 nitrogen and oxygen atoms in total. The maximum absolute atomic E-state index is 10.4. The van der Waals surface area contributed by atoms with Gasteiger partial charge in [-0.1, -0.05) is 0 Å². The third kappa shape index (κ3) is 1.01. The van der Waals surface area contributed by atoms with Gasteiger partial charge in [0.25, 0.3) is 0 Å². The summed E-state index contributed by atoms with van der Waals surface area (Å²) in [7, 11) is 0. The van der Waals surface area contributed by atoms with Crippen LogP contribution in [-0.4, -0.2) is 34.5 Å². The van der Waals surface area contributed by atoms with Crippen molar-refractivity contribution in [3.05, 3.63) is 0 Å². The molecule has 0 spiro atoms. The molecule has 0 aliphatic carbocycles. The van der Waals surface area contributed by atoms with Crippen molar-refractivity contribution in [1.29, 1.82) is 0 Å². The first-order valence-electron chi connectivity index (χ1n) is 2.63. The third-order valence-electron chi connectivity index (χ3n) is 1.30. The van der Waals surface area contributed by atoms with Crippen LogP contribution in [0.2, 0.25) is 0 Å². The zero-order valence-corrected chi connectivity index (χ0v) is 5.00. The number of carboxylic acid groups (broad SMARTS) is 1. The molecule has 1 rings (SSSR count). The van der Waals surface area contributed by atoms with Crippen LogP contribution < -0.4 is 0 Å². The van der Waals surface area contributed by atoms with Gasteiger partial charge in [0.05, 0.1) is 6.54 Å². The third-order valence-corrected chi connectivity index (χ3v) is 1.30. The average Bonchev–Trinajstić information content (AvgIpc) is 2.39. The summed E-state index contributed by atoms with van der Waals surface area (Å²) in [5, 5.41) is 8.28. The zero-order chi connectivity index (χ0) is 7.02. The van der Waals surface area contributed by atoms with E-state index in [0.29, 0.717) is 6.54 Å². The lowest BCUT2D eigenvalue weighted by Crippen LogP contribution is -2.15. The van der Waals surface area contributed by atoms with Gasteiger partial charge in [-0.15, -0.1) is 0 Å².